The Morgan fingerprint density at radius 1 is 0.909 bits per heavy atom. The van der Waals surface area contributed by atoms with E-state index in [2.05, 4.69) is 0 Å². The molecule has 0 radical (unpaired) electrons. The van der Waals surface area contributed by atoms with Gasteiger partial charge in [-0.25, -0.2) is 16.8 Å². The smallest absolute Gasteiger partial charge is 0.416 e. The molecule has 1 atom stereocenters. The van der Waals surface area contributed by atoms with Gasteiger partial charge >= 0.3 is 6.18 Å². The molecule has 1 aliphatic rings. The van der Waals surface area contributed by atoms with Crippen molar-refractivity contribution in [3.8, 4) is 11.5 Å². The third-order valence-corrected chi connectivity index (χ3v) is 8.55. The SMILES string of the molecule is O=S(=O)(CC(O)CS(=O)(=O)N1CCOCC1)c1ccc(Oc2ccc(C(F)(F)F)cc2)cc1. The van der Waals surface area contributed by atoms with E-state index in [-0.39, 0.29) is 42.7 Å². The van der Waals surface area contributed by atoms with Crippen LogP contribution in [0.25, 0.3) is 0 Å². The first-order valence-corrected chi connectivity index (χ1v) is 13.0. The fourth-order valence-corrected chi connectivity index (χ4v) is 6.17. The van der Waals surface area contributed by atoms with Crippen LogP contribution < -0.4 is 4.74 Å². The van der Waals surface area contributed by atoms with Crippen LogP contribution >= 0.6 is 0 Å². The molecule has 2 aromatic carbocycles. The molecule has 8 nitrogen and oxygen atoms in total. The molecule has 1 saturated heterocycles. The average molecular weight is 510 g/mol. The lowest BCUT2D eigenvalue weighted by atomic mass is 10.2. The normalized spacial score (nSPS) is 17.0. The third-order valence-electron chi connectivity index (χ3n) is 4.78. The number of benzene rings is 2. The Hall–Kier alpha value is -2.19. The number of hydrogen-bond acceptors (Lipinski definition) is 7. The number of morpholine rings is 1. The van der Waals surface area contributed by atoms with Crippen molar-refractivity contribution in [1.29, 1.82) is 0 Å². The van der Waals surface area contributed by atoms with E-state index in [1.165, 1.54) is 24.3 Å². The summed E-state index contributed by atoms with van der Waals surface area (Å²) in [5, 5.41) is 10.1. The van der Waals surface area contributed by atoms with Gasteiger partial charge in [0, 0.05) is 13.1 Å². The molecular formula is C20H22F3NO7S2. The average Bonchev–Trinajstić information content (AvgIpc) is 2.74. The van der Waals surface area contributed by atoms with E-state index >= 15 is 0 Å². The van der Waals surface area contributed by atoms with Crippen molar-refractivity contribution in [3.05, 3.63) is 54.1 Å². The van der Waals surface area contributed by atoms with Gasteiger partial charge in [0.25, 0.3) is 0 Å². The predicted octanol–water partition coefficient (Wildman–Crippen LogP) is 2.29. The van der Waals surface area contributed by atoms with Gasteiger partial charge in [-0.05, 0) is 48.5 Å². The third kappa shape index (κ3) is 6.90. The Morgan fingerprint density at radius 3 is 1.94 bits per heavy atom. The fraction of sp³-hybridized carbons (Fsp3) is 0.400. The van der Waals surface area contributed by atoms with Crippen molar-refractivity contribution in [1.82, 2.24) is 4.31 Å². The Labute approximate surface area is 189 Å². The van der Waals surface area contributed by atoms with Crippen LogP contribution in [0.4, 0.5) is 13.2 Å². The summed E-state index contributed by atoms with van der Waals surface area (Å²) in [7, 11) is -7.85. The van der Waals surface area contributed by atoms with Gasteiger partial charge in [0.2, 0.25) is 10.0 Å². The van der Waals surface area contributed by atoms with Crippen LogP contribution in [0.3, 0.4) is 0 Å². The van der Waals surface area contributed by atoms with E-state index in [1.54, 1.807) is 0 Å². The monoisotopic (exact) mass is 509 g/mol. The van der Waals surface area contributed by atoms with Crippen molar-refractivity contribution in [2.45, 2.75) is 17.2 Å². The van der Waals surface area contributed by atoms with Gasteiger partial charge in [-0.3, -0.25) is 0 Å². The zero-order valence-corrected chi connectivity index (χ0v) is 18.9. The Morgan fingerprint density at radius 2 is 1.42 bits per heavy atom. The minimum atomic E-state index is -4.47. The van der Waals surface area contributed by atoms with Crippen molar-refractivity contribution in [2.24, 2.45) is 0 Å². The zero-order valence-electron chi connectivity index (χ0n) is 17.2. The first-order chi connectivity index (χ1) is 15.4. The van der Waals surface area contributed by atoms with Crippen LogP contribution in [0.2, 0.25) is 0 Å². The summed E-state index contributed by atoms with van der Waals surface area (Å²) in [5.41, 5.74) is -0.828. The fourth-order valence-electron chi connectivity index (χ4n) is 3.13. The molecule has 0 aliphatic carbocycles. The van der Waals surface area contributed by atoms with Crippen molar-refractivity contribution >= 4 is 19.9 Å². The lowest BCUT2D eigenvalue weighted by Crippen LogP contribution is -2.44. The van der Waals surface area contributed by atoms with E-state index in [0.29, 0.717) is 0 Å². The van der Waals surface area contributed by atoms with Crippen LogP contribution in [0.5, 0.6) is 11.5 Å². The highest BCUT2D eigenvalue weighted by Crippen LogP contribution is 2.31. The number of sulfone groups is 1. The standard InChI is InChI=1S/C20H22F3NO7S2/c21-20(22,23)15-1-3-17(4-2-15)31-18-5-7-19(8-6-18)32(26,27)13-16(25)14-33(28,29)24-9-11-30-12-10-24/h1-8,16,25H,9-14H2. The molecule has 1 N–H and O–H groups in total. The number of nitrogens with zero attached hydrogens (tertiary/aromatic N) is 1. The molecule has 0 aromatic heterocycles. The summed E-state index contributed by atoms with van der Waals surface area (Å²) in [6.45, 7) is 0.743. The molecule has 0 bridgehead atoms. The highest BCUT2D eigenvalue weighted by molar-refractivity contribution is 7.91. The number of ether oxygens (including phenoxy) is 2. The minimum absolute atomic E-state index is 0.127. The topological polar surface area (TPSA) is 110 Å². The van der Waals surface area contributed by atoms with Crippen LogP contribution in [-0.2, 0) is 30.8 Å². The maximum atomic E-state index is 12.6. The molecule has 1 unspecified atom stereocenters. The minimum Gasteiger partial charge on any atom is -0.457 e. The molecule has 0 amide bonds. The van der Waals surface area contributed by atoms with Gasteiger partial charge in [-0.15, -0.1) is 0 Å². The molecule has 1 heterocycles. The van der Waals surface area contributed by atoms with Crippen LogP contribution in [-0.4, -0.2) is 70.2 Å². The van der Waals surface area contributed by atoms with Gasteiger partial charge in [0.05, 0.1) is 41.3 Å². The molecule has 3 rings (SSSR count). The summed E-state index contributed by atoms with van der Waals surface area (Å²) in [4.78, 5) is -0.162. The Balaban J connectivity index is 1.62. The van der Waals surface area contributed by atoms with E-state index in [4.69, 9.17) is 9.47 Å². The van der Waals surface area contributed by atoms with Crippen LogP contribution in [0.15, 0.2) is 53.4 Å². The highest BCUT2D eigenvalue weighted by atomic mass is 32.2. The molecule has 1 aliphatic heterocycles. The number of rotatable bonds is 8. The van der Waals surface area contributed by atoms with Crippen molar-refractivity contribution in [3.63, 3.8) is 0 Å². The molecule has 2 aromatic rings. The van der Waals surface area contributed by atoms with Gasteiger partial charge in [-0.1, -0.05) is 0 Å². The van der Waals surface area contributed by atoms with Crippen molar-refractivity contribution < 1.29 is 44.6 Å². The number of aliphatic hydroxyl groups excluding tert-OH is 1. The molecule has 0 saturated carbocycles. The Kier molecular flexibility index (Phi) is 7.69. The number of alkyl halides is 3. The maximum Gasteiger partial charge on any atom is 0.416 e. The van der Waals surface area contributed by atoms with Gasteiger partial charge in [0.1, 0.15) is 11.5 Å². The molecule has 1 fully saturated rings. The first-order valence-electron chi connectivity index (χ1n) is 9.78. The zero-order chi connectivity index (χ0) is 24.3. The lowest BCUT2D eigenvalue weighted by molar-refractivity contribution is -0.137. The molecular weight excluding hydrogens is 487 g/mol. The second kappa shape index (κ2) is 9.97. The summed E-state index contributed by atoms with van der Waals surface area (Å²) in [6.07, 6.45) is -6.11. The van der Waals surface area contributed by atoms with Crippen molar-refractivity contribution in [2.75, 3.05) is 37.8 Å². The highest BCUT2D eigenvalue weighted by Gasteiger charge is 2.31. The quantitative estimate of drug-likeness (QED) is 0.582. The lowest BCUT2D eigenvalue weighted by Gasteiger charge is -2.26. The van der Waals surface area contributed by atoms with E-state index in [9.17, 15) is 35.1 Å². The number of halogens is 3. The van der Waals surface area contributed by atoms with E-state index < -0.39 is 49.2 Å². The summed E-state index contributed by atoms with van der Waals surface area (Å²) < 4.78 is 99.4. The van der Waals surface area contributed by atoms with Gasteiger partial charge < -0.3 is 14.6 Å². The molecule has 13 heteroatoms. The maximum absolute atomic E-state index is 12.6. The Bertz CT molecular complexity index is 1140. The van der Waals surface area contributed by atoms with Gasteiger partial charge in [0.15, 0.2) is 9.84 Å². The molecule has 0 spiro atoms. The predicted molar refractivity (Wildman–Crippen MR) is 112 cm³/mol. The number of hydrogen-bond donors (Lipinski definition) is 1. The molecule has 182 valence electrons. The number of aliphatic hydroxyl groups is 1. The van der Waals surface area contributed by atoms with Crippen LogP contribution in [0, 0.1) is 0 Å². The van der Waals surface area contributed by atoms with Crippen LogP contribution in [0.1, 0.15) is 5.56 Å². The summed E-state index contributed by atoms with van der Waals surface area (Å²) in [6, 6.07) is 9.03. The van der Waals surface area contributed by atoms with Gasteiger partial charge in [-0.2, -0.15) is 17.5 Å². The van der Waals surface area contributed by atoms with E-state index in [1.807, 2.05) is 0 Å². The first kappa shape index (κ1) is 25.4. The largest absolute Gasteiger partial charge is 0.457 e. The number of sulfonamides is 1. The summed E-state index contributed by atoms with van der Waals surface area (Å²) in [5.74, 6) is -1.22. The second-order valence-corrected chi connectivity index (χ2v) is 11.4. The van der Waals surface area contributed by atoms with E-state index in [0.717, 1.165) is 28.6 Å². The molecule has 33 heavy (non-hydrogen) atoms. The summed E-state index contributed by atoms with van der Waals surface area (Å²) >= 11 is 0. The second-order valence-electron chi connectivity index (χ2n) is 7.32.